The summed E-state index contributed by atoms with van der Waals surface area (Å²) in [5.74, 6) is 4.89. The van der Waals surface area contributed by atoms with Gasteiger partial charge in [0.1, 0.15) is 0 Å². The third kappa shape index (κ3) is 2.97. The molecule has 5 rings (SSSR count). The molecule has 0 aromatic carbocycles. The molecule has 0 aromatic heterocycles. The van der Waals surface area contributed by atoms with Gasteiger partial charge in [-0.1, -0.05) is 57.6 Å². The molecule has 27 heavy (non-hydrogen) atoms. The minimum Gasteiger partial charge on any atom is -0.393 e. The van der Waals surface area contributed by atoms with Crippen LogP contribution in [-0.4, -0.2) is 11.2 Å². The molecular weight excluding hydrogens is 328 g/mol. The maximum atomic E-state index is 10.2. The van der Waals surface area contributed by atoms with Crippen molar-refractivity contribution in [1.29, 1.82) is 0 Å². The Kier molecular flexibility index (Phi) is 4.78. The lowest BCUT2D eigenvalue weighted by molar-refractivity contribution is -0.0512. The van der Waals surface area contributed by atoms with E-state index in [4.69, 9.17) is 0 Å². The predicted molar refractivity (Wildman–Crippen MR) is 112 cm³/mol. The highest BCUT2D eigenvalue weighted by Gasteiger charge is 2.58. The summed E-state index contributed by atoms with van der Waals surface area (Å²) in [5, 5.41) is 10.2. The van der Waals surface area contributed by atoms with E-state index >= 15 is 0 Å². The van der Waals surface area contributed by atoms with E-state index in [9.17, 15) is 5.11 Å². The molecule has 5 aliphatic rings. The summed E-state index contributed by atoms with van der Waals surface area (Å²) in [7, 11) is 0. The lowest BCUT2D eigenvalue weighted by Crippen LogP contribution is -2.50. The highest BCUT2D eigenvalue weighted by molar-refractivity contribution is 5.25. The molecule has 1 nitrogen and oxygen atoms in total. The van der Waals surface area contributed by atoms with Crippen LogP contribution in [0.25, 0.3) is 0 Å². The van der Waals surface area contributed by atoms with Gasteiger partial charge in [0.25, 0.3) is 0 Å². The molecule has 4 fully saturated rings. The summed E-state index contributed by atoms with van der Waals surface area (Å²) in [6, 6.07) is 0. The number of hydrogen-bond donors (Lipinski definition) is 1. The van der Waals surface area contributed by atoms with Crippen LogP contribution in [0.2, 0.25) is 0 Å². The van der Waals surface area contributed by atoms with Gasteiger partial charge in [-0.15, -0.1) is 0 Å². The zero-order valence-electron chi connectivity index (χ0n) is 17.9. The van der Waals surface area contributed by atoms with Crippen molar-refractivity contribution in [3.05, 3.63) is 11.6 Å². The van der Waals surface area contributed by atoms with Crippen molar-refractivity contribution < 1.29 is 5.11 Å². The van der Waals surface area contributed by atoms with Gasteiger partial charge in [0.2, 0.25) is 0 Å². The zero-order valence-corrected chi connectivity index (χ0v) is 17.9. The highest BCUT2D eigenvalue weighted by atomic mass is 16.3. The van der Waals surface area contributed by atoms with Gasteiger partial charge in [0.15, 0.2) is 0 Å². The third-order valence-electron chi connectivity index (χ3n) is 10.7. The second kappa shape index (κ2) is 6.89. The quantitative estimate of drug-likeness (QED) is 0.536. The molecule has 0 spiro atoms. The van der Waals surface area contributed by atoms with E-state index in [1.54, 1.807) is 5.57 Å². The summed E-state index contributed by atoms with van der Waals surface area (Å²) >= 11 is 0. The molecule has 0 aliphatic heterocycles. The lowest BCUT2D eigenvalue weighted by Gasteiger charge is -2.58. The van der Waals surface area contributed by atoms with E-state index in [0.717, 1.165) is 42.4 Å². The van der Waals surface area contributed by atoms with Crippen LogP contribution in [0.1, 0.15) is 104 Å². The van der Waals surface area contributed by atoms with Crippen molar-refractivity contribution in [2.24, 2.45) is 40.4 Å². The monoisotopic (exact) mass is 370 g/mol. The Hall–Kier alpha value is -0.300. The SMILES string of the molecule is C[C@]12CC[C@H]3[C@@H](CC=C4C[C@@H](O)CC[C@@]43C)[C@@H]1CC[C@@H]2CCC1CCCC1. The van der Waals surface area contributed by atoms with Crippen LogP contribution >= 0.6 is 0 Å². The van der Waals surface area contributed by atoms with E-state index in [2.05, 4.69) is 19.9 Å². The maximum absolute atomic E-state index is 10.2. The van der Waals surface area contributed by atoms with Gasteiger partial charge >= 0.3 is 0 Å². The van der Waals surface area contributed by atoms with Gasteiger partial charge in [-0.05, 0) is 98.2 Å². The molecule has 0 unspecified atom stereocenters. The van der Waals surface area contributed by atoms with Crippen LogP contribution in [0.5, 0.6) is 0 Å². The standard InChI is InChI=1S/C26H42O/c1-25-16-14-24-22(11-9-20-17-21(27)13-15-26(20,24)2)23(25)12-10-19(25)8-7-18-5-3-4-6-18/h9,18-19,21-24,27H,3-8,10-17H2,1-2H3/t19-,21-,22-,23-,24-,25+,26-/m0/s1. The second-order valence-electron chi connectivity index (χ2n) is 11.7. The minimum absolute atomic E-state index is 0.0684. The Bertz CT molecular complexity index is 587. The van der Waals surface area contributed by atoms with Crippen molar-refractivity contribution in [2.45, 2.75) is 110 Å². The average Bonchev–Trinajstić information content (AvgIpc) is 3.28. The normalized spacial score (nSPS) is 50.0. The smallest absolute Gasteiger partial charge is 0.0577 e. The fourth-order valence-corrected chi connectivity index (χ4v) is 8.96. The molecule has 1 N–H and O–H groups in total. The number of rotatable bonds is 3. The first kappa shape index (κ1) is 18.7. The molecular formula is C26H42O. The van der Waals surface area contributed by atoms with E-state index in [1.165, 1.54) is 77.0 Å². The van der Waals surface area contributed by atoms with Crippen molar-refractivity contribution in [3.63, 3.8) is 0 Å². The first-order chi connectivity index (χ1) is 13.0. The van der Waals surface area contributed by atoms with Gasteiger partial charge in [0, 0.05) is 0 Å². The second-order valence-corrected chi connectivity index (χ2v) is 11.7. The number of aliphatic hydroxyl groups excluding tert-OH is 1. The van der Waals surface area contributed by atoms with E-state index in [1.807, 2.05) is 0 Å². The topological polar surface area (TPSA) is 20.2 Å². The Morgan fingerprint density at radius 2 is 1.74 bits per heavy atom. The van der Waals surface area contributed by atoms with Crippen LogP contribution in [0, 0.1) is 40.4 Å². The van der Waals surface area contributed by atoms with Gasteiger partial charge < -0.3 is 5.11 Å². The zero-order chi connectivity index (χ0) is 18.6. The number of fused-ring (bicyclic) bond motifs is 5. The van der Waals surface area contributed by atoms with Crippen molar-refractivity contribution in [3.8, 4) is 0 Å². The molecule has 0 saturated heterocycles. The summed E-state index contributed by atoms with van der Waals surface area (Å²) in [5.41, 5.74) is 2.67. The summed E-state index contributed by atoms with van der Waals surface area (Å²) in [6.45, 7) is 5.27. The highest BCUT2D eigenvalue weighted by Crippen LogP contribution is 2.66. The minimum atomic E-state index is -0.0684. The number of allylic oxidation sites excluding steroid dienone is 1. The molecule has 0 amide bonds. The molecule has 0 aromatic rings. The van der Waals surface area contributed by atoms with Crippen LogP contribution in [0.4, 0.5) is 0 Å². The van der Waals surface area contributed by atoms with Crippen molar-refractivity contribution in [1.82, 2.24) is 0 Å². The molecule has 4 saturated carbocycles. The molecule has 152 valence electrons. The van der Waals surface area contributed by atoms with Gasteiger partial charge in [0.05, 0.1) is 6.10 Å². The predicted octanol–water partition coefficient (Wildman–Crippen LogP) is 6.90. The van der Waals surface area contributed by atoms with Crippen LogP contribution in [0.3, 0.4) is 0 Å². The molecule has 1 heteroatoms. The number of hydrogen-bond acceptors (Lipinski definition) is 1. The van der Waals surface area contributed by atoms with E-state index in [0.29, 0.717) is 10.8 Å². The summed E-state index contributed by atoms with van der Waals surface area (Å²) < 4.78 is 0. The Morgan fingerprint density at radius 3 is 2.56 bits per heavy atom. The fraction of sp³-hybridized carbons (Fsp3) is 0.923. The Labute approximate surface area is 167 Å². The van der Waals surface area contributed by atoms with Crippen LogP contribution < -0.4 is 0 Å². The van der Waals surface area contributed by atoms with Gasteiger partial charge in [-0.3, -0.25) is 0 Å². The molecule has 7 atom stereocenters. The number of aliphatic hydroxyl groups is 1. The summed E-state index contributed by atoms with van der Waals surface area (Å²) in [4.78, 5) is 0. The average molecular weight is 371 g/mol. The third-order valence-corrected chi connectivity index (χ3v) is 10.7. The lowest BCUT2D eigenvalue weighted by atomic mass is 9.47. The first-order valence-corrected chi connectivity index (χ1v) is 12.4. The Balaban J connectivity index is 1.32. The Morgan fingerprint density at radius 1 is 0.926 bits per heavy atom. The molecule has 0 bridgehead atoms. The van der Waals surface area contributed by atoms with Crippen LogP contribution in [-0.2, 0) is 0 Å². The van der Waals surface area contributed by atoms with E-state index in [-0.39, 0.29) is 6.10 Å². The maximum Gasteiger partial charge on any atom is 0.0577 e. The first-order valence-electron chi connectivity index (χ1n) is 12.4. The summed E-state index contributed by atoms with van der Waals surface area (Å²) in [6.07, 6.45) is 22.1. The van der Waals surface area contributed by atoms with E-state index < -0.39 is 0 Å². The van der Waals surface area contributed by atoms with Crippen molar-refractivity contribution >= 4 is 0 Å². The molecule has 0 heterocycles. The van der Waals surface area contributed by atoms with Crippen LogP contribution in [0.15, 0.2) is 11.6 Å². The van der Waals surface area contributed by atoms with Gasteiger partial charge in [-0.2, -0.15) is 0 Å². The molecule has 0 radical (unpaired) electrons. The fourth-order valence-electron chi connectivity index (χ4n) is 8.96. The van der Waals surface area contributed by atoms with Gasteiger partial charge in [-0.25, -0.2) is 0 Å². The largest absolute Gasteiger partial charge is 0.393 e. The molecule has 5 aliphatic carbocycles. The van der Waals surface area contributed by atoms with Crippen molar-refractivity contribution in [2.75, 3.05) is 0 Å².